The summed E-state index contributed by atoms with van der Waals surface area (Å²) in [4.78, 5) is 0. The first-order valence-electron chi connectivity index (χ1n) is 13.2. The zero-order valence-corrected chi connectivity index (χ0v) is 21.7. The zero-order valence-electron chi connectivity index (χ0n) is 21.7. The first kappa shape index (κ1) is 27.0. The number of hydrogen-bond donors (Lipinski definition) is 0. The fourth-order valence-corrected chi connectivity index (χ4v) is 4.94. The summed E-state index contributed by atoms with van der Waals surface area (Å²) >= 11 is 0. The summed E-state index contributed by atoms with van der Waals surface area (Å²) in [5.74, 6) is -1.75. The Morgan fingerprint density at radius 1 is 0.973 bits per heavy atom. The molecule has 1 heterocycles. The molecule has 0 amide bonds. The van der Waals surface area contributed by atoms with E-state index in [1.165, 1.54) is 6.07 Å². The van der Waals surface area contributed by atoms with Gasteiger partial charge in [0.25, 0.3) is 0 Å². The highest BCUT2D eigenvalue weighted by atomic mass is 19.2. The number of halogens is 3. The third-order valence-corrected chi connectivity index (χ3v) is 7.13. The molecule has 0 N–H and O–H groups in total. The van der Waals surface area contributed by atoms with Crippen molar-refractivity contribution in [3.05, 3.63) is 89.8 Å². The van der Waals surface area contributed by atoms with Gasteiger partial charge in [-0.05, 0) is 79.3 Å². The molecule has 37 heavy (non-hydrogen) atoms. The van der Waals surface area contributed by atoms with Crippen molar-refractivity contribution in [2.45, 2.75) is 58.5 Å². The molecule has 4 rings (SSSR count). The maximum Gasteiger partial charge on any atom is 0.201 e. The number of allylic oxidation sites excluding steroid dienone is 1. The van der Waals surface area contributed by atoms with E-state index in [1.807, 2.05) is 19.1 Å². The third-order valence-electron chi connectivity index (χ3n) is 7.13. The van der Waals surface area contributed by atoms with Crippen molar-refractivity contribution in [3.63, 3.8) is 0 Å². The molecule has 0 aromatic heterocycles. The predicted octanol–water partition coefficient (Wildman–Crippen LogP) is 9.36. The van der Waals surface area contributed by atoms with Crippen molar-refractivity contribution in [2.24, 2.45) is 5.92 Å². The fourth-order valence-electron chi connectivity index (χ4n) is 4.94. The molecule has 1 aliphatic heterocycles. The molecule has 1 aliphatic rings. The lowest BCUT2D eigenvalue weighted by atomic mass is 9.90. The highest BCUT2D eigenvalue weighted by Crippen LogP contribution is 2.37. The lowest BCUT2D eigenvalue weighted by Crippen LogP contribution is -2.21. The van der Waals surface area contributed by atoms with Crippen molar-refractivity contribution in [2.75, 3.05) is 13.2 Å². The minimum atomic E-state index is -0.976. The smallest absolute Gasteiger partial charge is 0.201 e. The standard InChI is InChI=1S/C32H35F3O2/c1-4-6-8-22-9-16-28(37-20-22)26-15-14-25(19-27(26)33)23-10-12-24(13-11-23)30-21(3)18-29(31(34)32(30)35)36-17-7-5-2/h4,10-15,18-19,22,28H,1,5-9,16-17,20H2,2-3H3. The van der Waals surface area contributed by atoms with Gasteiger partial charge in [0.05, 0.1) is 19.3 Å². The lowest BCUT2D eigenvalue weighted by Gasteiger charge is -2.29. The summed E-state index contributed by atoms with van der Waals surface area (Å²) in [5, 5.41) is 0. The maximum atomic E-state index is 15.1. The summed E-state index contributed by atoms with van der Waals surface area (Å²) in [6.45, 7) is 8.50. The van der Waals surface area contributed by atoms with E-state index in [-0.39, 0.29) is 23.2 Å². The Hall–Kier alpha value is -3.05. The van der Waals surface area contributed by atoms with Crippen LogP contribution in [0.4, 0.5) is 13.2 Å². The highest BCUT2D eigenvalue weighted by molar-refractivity contribution is 5.73. The summed E-state index contributed by atoms with van der Waals surface area (Å²) in [6, 6.07) is 13.8. The Labute approximate surface area is 218 Å². The maximum absolute atomic E-state index is 15.1. The van der Waals surface area contributed by atoms with Crippen LogP contribution in [-0.2, 0) is 4.74 Å². The Morgan fingerprint density at radius 2 is 1.70 bits per heavy atom. The molecule has 1 saturated heterocycles. The van der Waals surface area contributed by atoms with E-state index >= 15 is 4.39 Å². The Morgan fingerprint density at radius 3 is 2.35 bits per heavy atom. The van der Waals surface area contributed by atoms with Gasteiger partial charge in [0.15, 0.2) is 11.6 Å². The molecule has 2 nitrogen and oxygen atoms in total. The van der Waals surface area contributed by atoms with Crippen LogP contribution in [0, 0.1) is 30.3 Å². The summed E-state index contributed by atoms with van der Waals surface area (Å²) in [7, 11) is 0. The van der Waals surface area contributed by atoms with Crippen molar-refractivity contribution < 1.29 is 22.6 Å². The SMILES string of the molecule is C=CCCC1CCC(c2ccc(-c3ccc(-c4c(C)cc(OCCCC)c(F)c4F)cc3)cc2F)OC1. The Balaban J connectivity index is 1.49. The van der Waals surface area contributed by atoms with Gasteiger partial charge in [-0.25, -0.2) is 8.78 Å². The van der Waals surface area contributed by atoms with Crippen LogP contribution in [0.3, 0.4) is 0 Å². The van der Waals surface area contributed by atoms with Gasteiger partial charge >= 0.3 is 0 Å². The van der Waals surface area contributed by atoms with Gasteiger partial charge < -0.3 is 9.47 Å². The van der Waals surface area contributed by atoms with Gasteiger partial charge in [-0.1, -0.05) is 55.8 Å². The summed E-state index contributed by atoms with van der Waals surface area (Å²) < 4.78 is 56.1. The summed E-state index contributed by atoms with van der Waals surface area (Å²) in [5.41, 5.74) is 3.44. The van der Waals surface area contributed by atoms with E-state index in [1.54, 1.807) is 43.3 Å². The average molecular weight is 509 g/mol. The lowest BCUT2D eigenvalue weighted by molar-refractivity contribution is -0.0207. The number of aryl methyl sites for hydroxylation is 1. The van der Waals surface area contributed by atoms with Crippen LogP contribution in [-0.4, -0.2) is 13.2 Å². The molecule has 2 atom stereocenters. The van der Waals surface area contributed by atoms with Crippen LogP contribution in [0.25, 0.3) is 22.3 Å². The highest BCUT2D eigenvalue weighted by Gasteiger charge is 2.25. The second-order valence-electron chi connectivity index (χ2n) is 9.84. The molecule has 0 aliphatic carbocycles. The van der Waals surface area contributed by atoms with E-state index in [0.717, 1.165) is 49.7 Å². The number of hydrogen-bond acceptors (Lipinski definition) is 2. The van der Waals surface area contributed by atoms with Crippen LogP contribution < -0.4 is 4.74 Å². The van der Waals surface area contributed by atoms with Gasteiger partial charge in [0.2, 0.25) is 5.82 Å². The van der Waals surface area contributed by atoms with Gasteiger partial charge in [-0.3, -0.25) is 0 Å². The number of ether oxygens (including phenoxy) is 2. The molecular formula is C32H35F3O2. The van der Waals surface area contributed by atoms with Gasteiger partial charge in [0.1, 0.15) is 5.82 Å². The molecule has 5 heteroatoms. The van der Waals surface area contributed by atoms with E-state index in [9.17, 15) is 8.78 Å². The second kappa shape index (κ2) is 12.5. The molecular weight excluding hydrogens is 473 g/mol. The Bertz CT molecular complexity index is 1210. The van der Waals surface area contributed by atoms with Crippen LogP contribution >= 0.6 is 0 Å². The quantitative estimate of drug-likeness (QED) is 0.201. The molecule has 3 aromatic carbocycles. The minimum absolute atomic E-state index is 0.0615. The number of unbranched alkanes of at least 4 members (excludes halogenated alkanes) is 1. The third kappa shape index (κ3) is 6.27. The van der Waals surface area contributed by atoms with Crippen molar-refractivity contribution in [1.29, 1.82) is 0 Å². The first-order valence-corrected chi connectivity index (χ1v) is 13.2. The number of rotatable bonds is 10. The molecule has 0 saturated carbocycles. The second-order valence-corrected chi connectivity index (χ2v) is 9.84. The van der Waals surface area contributed by atoms with Crippen LogP contribution in [0.2, 0.25) is 0 Å². The van der Waals surface area contributed by atoms with Crippen molar-refractivity contribution >= 4 is 0 Å². The predicted molar refractivity (Wildman–Crippen MR) is 143 cm³/mol. The van der Waals surface area contributed by atoms with E-state index in [4.69, 9.17) is 9.47 Å². The first-order chi connectivity index (χ1) is 17.9. The van der Waals surface area contributed by atoms with Gasteiger partial charge in [-0.15, -0.1) is 6.58 Å². The minimum Gasteiger partial charge on any atom is -0.490 e. The zero-order chi connectivity index (χ0) is 26.4. The Kier molecular flexibility index (Phi) is 9.09. The fraction of sp³-hybridized carbons (Fsp3) is 0.375. The largest absolute Gasteiger partial charge is 0.490 e. The van der Waals surface area contributed by atoms with Gasteiger partial charge in [0, 0.05) is 11.1 Å². The molecule has 0 spiro atoms. The van der Waals surface area contributed by atoms with E-state index < -0.39 is 11.6 Å². The number of benzene rings is 3. The molecule has 0 bridgehead atoms. The topological polar surface area (TPSA) is 18.5 Å². The molecule has 3 aromatic rings. The van der Waals surface area contributed by atoms with Crippen molar-refractivity contribution in [1.82, 2.24) is 0 Å². The average Bonchev–Trinajstić information content (AvgIpc) is 2.91. The van der Waals surface area contributed by atoms with E-state index in [2.05, 4.69) is 6.58 Å². The van der Waals surface area contributed by atoms with E-state index in [0.29, 0.717) is 35.8 Å². The monoisotopic (exact) mass is 508 g/mol. The van der Waals surface area contributed by atoms with Crippen LogP contribution in [0.1, 0.15) is 62.7 Å². The summed E-state index contributed by atoms with van der Waals surface area (Å²) in [6.07, 6.45) is 7.22. The molecule has 2 unspecified atom stereocenters. The van der Waals surface area contributed by atoms with Gasteiger partial charge in [-0.2, -0.15) is 4.39 Å². The van der Waals surface area contributed by atoms with Crippen molar-refractivity contribution in [3.8, 4) is 28.0 Å². The molecule has 0 radical (unpaired) electrons. The molecule has 196 valence electrons. The molecule has 1 fully saturated rings. The van der Waals surface area contributed by atoms with Crippen LogP contribution in [0.5, 0.6) is 5.75 Å². The van der Waals surface area contributed by atoms with Crippen LogP contribution in [0.15, 0.2) is 61.2 Å². The normalized spacial score (nSPS) is 17.5.